The molecule has 4 fully saturated rings. The molecule has 2 atom stereocenters. The molecule has 0 bridgehead atoms. The van der Waals surface area contributed by atoms with Crippen molar-refractivity contribution in [3.63, 3.8) is 0 Å². The number of pyridine rings is 1. The number of aromatic nitrogens is 1. The summed E-state index contributed by atoms with van der Waals surface area (Å²) in [5.74, 6) is -1.26. The van der Waals surface area contributed by atoms with E-state index >= 15 is 0 Å². The highest BCUT2D eigenvalue weighted by molar-refractivity contribution is 6.25. The zero-order valence-electron chi connectivity index (χ0n) is 38.0. The van der Waals surface area contributed by atoms with E-state index in [0.717, 1.165) is 52.7 Å². The molecule has 350 valence electrons. The van der Waals surface area contributed by atoms with Crippen molar-refractivity contribution in [3.05, 3.63) is 125 Å². The third-order valence-corrected chi connectivity index (χ3v) is 14.7. The molecule has 15 heteroatoms. The molecule has 1 aliphatic carbocycles. The fourth-order valence-corrected chi connectivity index (χ4v) is 10.9. The lowest BCUT2D eigenvalue weighted by molar-refractivity contribution is -0.136. The Labute approximate surface area is 393 Å². The predicted molar refractivity (Wildman–Crippen MR) is 254 cm³/mol. The Morgan fingerprint density at radius 3 is 2.26 bits per heavy atom. The number of hydrogen-bond donors (Lipinski definition) is 2. The number of amides is 6. The number of nitrogens with one attached hydrogen (secondary N) is 2. The number of benzene rings is 4. The molecule has 4 aromatic carbocycles. The van der Waals surface area contributed by atoms with Crippen LogP contribution >= 0.6 is 0 Å². The Hall–Kier alpha value is -7.16. The minimum atomic E-state index is -1.03. The second-order valence-corrected chi connectivity index (χ2v) is 18.8. The normalized spacial score (nSPS) is 21.7. The molecule has 6 amide bonds. The third kappa shape index (κ3) is 8.89. The highest BCUT2D eigenvalue weighted by atomic mass is 19.1. The maximum atomic E-state index is 14.1. The predicted octanol–water partition coefficient (Wildman–Crippen LogP) is 7.33. The van der Waals surface area contributed by atoms with Gasteiger partial charge in [0.25, 0.3) is 17.7 Å². The molecule has 1 aromatic heterocycles. The van der Waals surface area contributed by atoms with E-state index in [4.69, 9.17) is 4.74 Å². The smallest absolute Gasteiger partial charge is 0.264 e. The Bertz CT molecular complexity index is 2800. The van der Waals surface area contributed by atoms with Crippen molar-refractivity contribution in [2.45, 2.75) is 76.4 Å². The molecule has 14 nitrogen and oxygen atoms in total. The van der Waals surface area contributed by atoms with Crippen LogP contribution in [0.1, 0.15) is 101 Å². The fraction of sp³-hybridized carbons (Fsp3) is 0.377. The number of ether oxygens (including phenoxy) is 1. The number of halogens is 1. The minimum Gasteiger partial charge on any atom is -0.490 e. The zero-order chi connectivity index (χ0) is 47.1. The summed E-state index contributed by atoms with van der Waals surface area (Å²) < 4.78 is 20.4. The average molecular weight is 920 g/mol. The van der Waals surface area contributed by atoms with Crippen molar-refractivity contribution < 1.29 is 37.9 Å². The van der Waals surface area contributed by atoms with Gasteiger partial charge in [-0.25, -0.2) is 4.39 Å². The summed E-state index contributed by atoms with van der Waals surface area (Å²) in [4.78, 5) is 90.2. The van der Waals surface area contributed by atoms with E-state index in [1.807, 2.05) is 72.5 Å². The van der Waals surface area contributed by atoms with Gasteiger partial charge < -0.3 is 24.8 Å². The lowest BCUT2D eigenvalue weighted by atomic mass is 9.73. The summed E-state index contributed by atoms with van der Waals surface area (Å²) in [5, 5.41) is 6.22. The Balaban J connectivity index is 0.677. The molecule has 5 aliphatic rings. The molecule has 0 spiro atoms. The number of piperidine rings is 2. The number of likely N-dealkylation sites (tertiary alicyclic amines) is 1. The number of imide groups is 2. The topological polar surface area (TPSA) is 162 Å². The Morgan fingerprint density at radius 2 is 1.51 bits per heavy atom. The quantitative estimate of drug-likeness (QED) is 0.136. The summed E-state index contributed by atoms with van der Waals surface area (Å²) in [6.45, 7) is 5.49. The minimum absolute atomic E-state index is 0.00395. The van der Waals surface area contributed by atoms with Gasteiger partial charge in [0, 0.05) is 93.0 Å². The summed E-state index contributed by atoms with van der Waals surface area (Å²) in [6, 6.07) is 26.1. The van der Waals surface area contributed by atoms with E-state index in [2.05, 4.69) is 25.4 Å². The first kappa shape index (κ1) is 44.7. The Morgan fingerprint density at radius 1 is 0.779 bits per heavy atom. The number of nitrogens with zero attached hydrogens (tertiary/aromatic N) is 5. The van der Waals surface area contributed by atoms with Crippen LogP contribution in [0.5, 0.6) is 5.75 Å². The molecule has 4 aliphatic heterocycles. The van der Waals surface area contributed by atoms with E-state index in [1.165, 1.54) is 6.07 Å². The second-order valence-electron chi connectivity index (χ2n) is 18.8. The van der Waals surface area contributed by atoms with Crippen molar-refractivity contribution in [2.24, 2.45) is 11.8 Å². The van der Waals surface area contributed by atoms with Crippen molar-refractivity contribution in [3.8, 4) is 5.75 Å². The summed E-state index contributed by atoms with van der Waals surface area (Å²) in [7, 11) is 0. The average Bonchev–Trinajstić information content (AvgIpc) is 3.62. The maximum absolute atomic E-state index is 14.1. The molecule has 68 heavy (non-hydrogen) atoms. The molecular formula is C53H54FN7O7. The van der Waals surface area contributed by atoms with Gasteiger partial charge in [0.2, 0.25) is 17.7 Å². The number of hydrogen-bond acceptors (Lipinski definition) is 10. The van der Waals surface area contributed by atoms with Crippen LogP contribution in [0.15, 0.2) is 97.2 Å². The monoisotopic (exact) mass is 919 g/mol. The highest BCUT2D eigenvalue weighted by Gasteiger charge is 2.46. The standard InChI is InChI=1S/C53H54FN7O7/c1-32(33-8-10-34(11-9-33)41-20-23-55-44-17-12-36(54)31-43(41)44)49(63)56-37-13-15-39(16-14-37)68-40-21-24-60(25-22-40)51(65)35-4-2-5-38(30-35)58-26-28-59(29-27-58)45-7-3-6-42-48(45)53(67)61(52(42)66)46-18-19-47(62)57-50(46)64/h2-7,12-17,20,23,30-34,40,46H,8-11,18-19,21-22,24-29H2,1H3,(H,56,63)(H,57,62,64)/t32-,33?,34?,46?/m1/s1. The van der Waals surface area contributed by atoms with Crippen LogP contribution in [0.3, 0.4) is 0 Å². The van der Waals surface area contributed by atoms with Crippen LogP contribution in [0, 0.1) is 17.7 Å². The Kier molecular flexibility index (Phi) is 12.4. The zero-order valence-corrected chi connectivity index (χ0v) is 38.0. The summed E-state index contributed by atoms with van der Waals surface area (Å²) >= 11 is 0. The molecule has 0 radical (unpaired) electrons. The number of anilines is 3. The van der Waals surface area contributed by atoms with Crippen molar-refractivity contribution in [2.75, 3.05) is 54.4 Å². The van der Waals surface area contributed by atoms with E-state index in [9.17, 15) is 33.2 Å². The van der Waals surface area contributed by atoms with Crippen molar-refractivity contribution in [1.82, 2.24) is 20.1 Å². The lowest BCUT2D eigenvalue weighted by Gasteiger charge is -2.38. The van der Waals surface area contributed by atoms with Crippen LogP contribution < -0.4 is 25.2 Å². The number of carbonyl (C=O) groups is 6. The van der Waals surface area contributed by atoms with Gasteiger partial charge in [-0.15, -0.1) is 0 Å². The SMILES string of the molecule is C[C@@H](C(=O)Nc1ccc(OC2CCN(C(=O)c3cccc(N4CCN(c5cccc6c5C(=O)N(C5CCC(=O)NC5=O)C6=O)CC4)c3)CC2)cc1)C1CCC(c2ccnc3ccc(F)cc23)CC1. The van der Waals surface area contributed by atoms with E-state index in [-0.39, 0.29) is 59.5 Å². The molecule has 10 rings (SSSR count). The number of rotatable bonds is 10. The highest BCUT2D eigenvalue weighted by Crippen LogP contribution is 2.41. The second kappa shape index (κ2) is 18.8. The van der Waals surface area contributed by atoms with Crippen LogP contribution in [-0.2, 0) is 14.4 Å². The lowest BCUT2D eigenvalue weighted by Crippen LogP contribution is -2.54. The van der Waals surface area contributed by atoms with Gasteiger partial charge in [0.15, 0.2) is 0 Å². The summed E-state index contributed by atoms with van der Waals surface area (Å²) in [5.41, 5.74) is 5.37. The molecule has 1 saturated carbocycles. The first-order valence-corrected chi connectivity index (χ1v) is 23.8. The van der Waals surface area contributed by atoms with E-state index in [0.29, 0.717) is 80.7 Å². The fourth-order valence-electron chi connectivity index (χ4n) is 10.9. The number of carbonyl (C=O) groups excluding carboxylic acids is 6. The van der Waals surface area contributed by atoms with Crippen molar-refractivity contribution in [1.29, 1.82) is 0 Å². The van der Waals surface area contributed by atoms with Gasteiger partial charge in [-0.3, -0.25) is 44.0 Å². The van der Waals surface area contributed by atoms with Crippen LogP contribution in [0.2, 0.25) is 0 Å². The van der Waals surface area contributed by atoms with Gasteiger partial charge in [0.1, 0.15) is 23.7 Å². The molecule has 5 heterocycles. The third-order valence-electron chi connectivity index (χ3n) is 14.7. The molecule has 3 saturated heterocycles. The molecule has 5 aromatic rings. The first-order chi connectivity index (χ1) is 33.0. The molecular weight excluding hydrogens is 866 g/mol. The molecule has 1 unspecified atom stereocenters. The number of fused-ring (bicyclic) bond motifs is 2. The van der Waals surface area contributed by atoms with Gasteiger partial charge in [0.05, 0.1) is 22.3 Å². The van der Waals surface area contributed by atoms with Gasteiger partial charge in [-0.05, 0) is 128 Å². The maximum Gasteiger partial charge on any atom is 0.264 e. The van der Waals surface area contributed by atoms with Crippen molar-refractivity contribution >= 4 is 63.4 Å². The largest absolute Gasteiger partial charge is 0.490 e. The number of piperazine rings is 1. The van der Waals surface area contributed by atoms with Crippen LogP contribution in [0.25, 0.3) is 10.9 Å². The first-order valence-electron chi connectivity index (χ1n) is 23.8. The van der Waals surface area contributed by atoms with Crippen LogP contribution in [-0.4, -0.2) is 102 Å². The summed E-state index contributed by atoms with van der Waals surface area (Å²) in [6.07, 6.45) is 7.00. The van der Waals surface area contributed by atoms with Crippen LogP contribution in [0.4, 0.5) is 21.5 Å². The van der Waals surface area contributed by atoms with E-state index < -0.39 is 29.7 Å². The van der Waals surface area contributed by atoms with Gasteiger partial charge in [-0.2, -0.15) is 0 Å². The van der Waals surface area contributed by atoms with Gasteiger partial charge >= 0.3 is 0 Å². The molecule has 2 N–H and O–H groups in total. The van der Waals surface area contributed by atoms with E-state index in [1.54, 1.807) is 30.5 Å². The van der Waals surface area contributed by atoms with Gasteiger partial charge in [-0.1, -0.05) is 19.1 Å².